The van der Waals surface area contributed by atoms with Crippen LogP contribution in [0.5, 0.6) is 5.75 Å². The van der Waals surface area contributed by atoms with E-state index in [1.54, 1.807) is 24.3 Å². The molecule has 2 aromatic carbocycles. The van der Waals surface area contributed by atoms with E-state index in [2.05, 4.69) is 0 Å². The second-order valence-electron chi connectivity index (χ2n) is 5.66. The van der Waals surface area contributed by atoms with Gasteiger partial charge in [0.1, 0.15) is 5.75 Å². The molecule has 0 heterocycles. The Balaban J connectivity index is 2.29. The van der Waals surface area contributed by atoms with Crippen molar-refractivity contribution in [3.05, 3.63) is 58.1 Å². The molecule has 0 unspecified atom stereocenters. The van der Waals surface area contributed by atoms with Crippen molar-refractivity contribution in [2.45, 2.75) is 6.54 Å². The number of anilines is 1. The molecule has 22 heavy (non-hydrogen) atoms. The number of hydrogen-bond donors (Lipinski definition) is 2. The van der Waals surface area contributed by atoms with Crippen LogP contribution in [0.2, 0.25) is 0 Å². The summed E-state index contributed by atoms with van der Waals surface area (Å²) < 4.78 is 0. The third-order valence-corrected chi connectivity index (χ3v) is 3.79. The third kappa shape index (κ3) is 1.98. The molecular weight excluding hydrogens is 280 g/mol. The Morgan fingerprint density at radius 2 is 1.59 bits per heavy atom. The molecule has 5 heteroatoms. The summed E-state index contributed by atoms with van der Waals surface area (Å²) in [5.74, 6) is -0.890. The summed E-state index contributed by atoms with van der Waals surface area (Å²) in [4.78, 5) is 27.2. The molecule has 0 atom stereocenters. The number of hydrogen-bond acceptors (Lipinski definition) is 5. The normalized spacial score (nSPS) is 13.2. The molecule has 0 aliphatic heterocycles. The van der Waals surface area contributed by atoms with Gasteiger partial charge in [-0.2, -0.15) is 0 Å². The van der Waals surface area contributed by atoms with Gasteiger partial charge in [0.25, 0.3) is 0 Å². The monoisotopic (exact) mass is 296 g/mol. The number of carbonyl (C=O) groups excluding carboxylic acids is 2. The molecule has 0 fully saturated rings. The molecule has 0 radical (unpaired) electrons. The second-order valence-corrected chi connectivity index (χ2v) is 5.66. The minimum atomic E-state index is -0.370. The number of nitrogens with zero attached hydrogens (tertiary/aromatic N) is 1. The maximum Gasteiger partial charge on any atom is 0.198 e. The third-order valence-electron chi connectivity index (χ3n) is 3.79. The summed E-state index contributed by atoms with van der Waals surface area (Å²) in [6.45, 7) is 0.468. The average Bonchev–Trinajstić information content (AvgIpc) is 2.47. The number of aromatic hydroxyl groups is 1. The zero-order chi connectivity index (χ0) is 16.0. The van der Waals surface area contributed by atoms with Gasteiger partial charge in [0.15, 0.2) is 11.6 Å². The Morgan fingerprint density at radius 3 is 2.14 bits per heavy atom. The fourth-order valence-corrected chi connectivity index (χ4v) is 2.82. The minimum absolute atomic E-state index is 0.00343. The van der Waals surface area contributed by atoms with Gasteiger partial charge >= 0.3 is 0 Å². The van der Waals surface area contributed by atoms with Gasteiger partial charge in [-0.15, -0.1) is 0 Å². The van der Waals surface area contributed by atoms with E-state index in [4.69, 9.17) is 5.73 Å². The molecule has 3 N–H and O–H groups in total. The van der Waals surface area contributed by atoms with Crippen molar-refractivity contribution < 1.29 is 14.7 Å². The Labute approximate surface area is 128 Å². The van der Waals surface area contributed by atoms with Crippen LogP contribution in [0.4, 0.5) is 5.69 Å². The predicted molar refractivity (Wildman–Crippen MR) is 83.2 cm³/mol. The van der Waals surface area contributed by atoms with Crippen molar-refractivity contribution in [1.82, 2.24) is 4.90 Å². The number of ketones is 2. The fraction of sp³-hybridized carbons (Fsp3) is 0.176. The maximum atomic E-state index is 12.7. The number of nitrogen functional groups attached to an aromatic ring is 1. The van der Waals surface area contributed by atoms with Gasteiger partial charge in [-0.1, -0.05) is 24.3 Å². The molecule has 0 bridgehead atoms. The van der Waals surface area contributed by atoms with Gasteiger partial charge in [-0.05, 0) is 25.7 Å². The molecule has 0 saturated heterocycles. The Morgan fingerprint density at radius 1 is 1.05 bits per heavy atom. The van der Waals surface area contributed by atoms with Crippen molar-refractivity contribution in [2.75, 3.05) is 19.8 Å². The number of phenols is 1. The molecule has 2 aromatic rings. The van der Waals surface area contributed by atoms with Gasteiger partial charge in [0.05, 0.1) is 11.1 Å². The first-order valence-electron chi connectivity index (χ1n) is 6.89. The van der Waals surface area contributed by atoms with E-state index in [-0.39, 0.29) is 34.1 Å². The lowest BCUT2D eigenvalue weighted by molar-refractivity contribution is 0.0977. The highest BCUT2D eigenvalue weighted by atomic mass is 16.3. The van der Waals surface area contributed by atoms with Crippen LogP contribution in [0.15, 0.2) is 30.3 Å². The summed E-state index contributed by atoms with van der Waals surface area (Å²) in [7, 11) is 3.72. The highest BCUT2D eigenvalue weighted by Gasteiger charge is 2.34. The zero-order valence-electron chi connectivity index (χ0n) is 12.4. The first-order valence-corrected chi connectivity index (χ1v) is 6.89. The maximum absolute atomic E-state index is 12.7. The molecular formula is C17H16N2O3. The van der Waals surface area contributed by atoms with E-state index in [0.29, 0.717) is 23.2 Å². The van der Waals surface area contributed by atoms with E-state index in [0.717, 1.165) is 0 Å². The molecule has 0 amide bonds. The molecule has 0 spiro atoms. The summed E-state index contributed by atoms with van der Waals surface area (Å²) in [5, 5.41) is 10.2. The molecule has 112 valence electrons. The van der Waals surface area contributed by atoms with Crippen LogP contribution >= 0.6 is 0 Å². The smallest absolute Gasteiger partial charge is 0.198 e. The van der Waals surface area contributed by atoms with Crippen molar-refractivity contribution in [2.24, 2.45) is 0 Å². The minimum Gasteiger partial charge on any atom is -0.507 e. The average molecular weight is 296 g/mol. The summed E-state index contributed by atoms with van der Waals surface area (Å²) in [6.07, 6.45) is 0. The van der Waals surface area contributed by atoms with E-state index >= 15 is 0 Å². The zero-order valence-corrected chi connectivity index (χ0v) is 12.4. The Hall–Kier alpha value is -2.66. The van der Waals surface area contributed by atoms with Crippen LogP contribution in [0.1, 0.15) is 37.4 Å². The number of rotatable bonds is 2. The summed E-state index contributed by atoms with van der Waals surface area (Å²) >= 11 is 0. The van der Waals surface area contributed by atoms with Crippen molar-refractivity contribution in [1.29, 1.82) is 0 Å². The van der Waals surface area contributed by atoms with E-state index in [1.807, 2.05) is 19.0 Å². The largest absolute Gasteiger partial charge is 0.507 e. The van der Waals surface area contributed by atoms with Gasteiger partial charge in [0, 0.05) is 23.4 Å². The summed E-state index contributed by atoms with van der Waals surface area (Å²) in [5.41, 5.74) is 7.75. The van der Waals surface area contributed by atoms with Crippen LogP contribution in [-0.2, 0) is 6.54 Å². The topological polar surface area (TPSA) is 83.6 Å². The quantitative estimate of drug-likeness (QED) is 0.556. The van der Waals surface area contributed by atoms with Crippen LogP contribution in [0.25, 0.3) is 0 Å². The molecule has 5 nitrogen and oxygen atoms in total. The van der Waals surface area contributed by atoms with Gasteiger partial charge in [-0.25, -0.2) is 0 Å². The van der Waals surface area contributed by atoms with Crippen LogP contribution in [-0.4, -0.2) is 35.7 Å². The molecule has 1 aliphatic carbocycles. The molecule has 3 rings (SSSR count). The van der Waals surface area contributed by atoms with Crippen LogP contribution in [0, 0.1) is 0 Å². The lowest BCUT2D eigenvalue weighted by atomic mass is 9.81. The molecule has 0 aromatic heterocycles. The van der Waals surface area contributed by atoms with Gasteiger partial charge < -0.3 is 15.7 Å². The number of phenolic OH excluding ortho intramolecular Hbond substituents is 1. The van der Waals surface area contributed by atoms with Crippen molar-refractivity contribution in [3.8, 4) is 5.75 Å². The van der Waals surface area contributed by atoms with E-state index in [9.17, 15) is 14.7 Å². The summed E-state index contributed by atoms with van der Waals surface area (Å²) in [6, 6.07) is 8.05. The number of benzene rings is 2. The Bertz CT molecular complexity index is 810. The number of carbonyl (C=O) groups is 2. The van der Waals surface area contributed by atoms with Crippen molar-refractivity contribution in [3.63, 3.8) is 0 Å². The fourth-order valence-electron chi connectivity index (χ4n) is 2.82. The SMILES string of the molecule is CN(C)Cc1cc(O)c2c(c1N)C(=O)c1ccccc1C2=O. The van der Waals surface area contributed by atoms with E-state index < -0.39 is 0 Å². The number of fused-ring (bicyclic) bond motifs is 2. The molecule has 1 aliphatic rings. The lowest BCUT2D eigenvalue weighted by Crippen LogP contribution is -2.24. The Kier molecular flexibility index (Phi) is 3.22. The standard InChI is InChI=1S/C17H16N2O3/c1-19(2)8-9-7-12(20)13-14(15(9)18)17(22)11-6-4-3-5-10(11)16(13)21/h3-7,20H,8,18H2,1-2H3. The highest BCUT2D eigenvalue weighted by molar-refractivity contribution is 6.31. The van der Waals surface area contributed by atoms with Crippen LogP contribution < -0.4 is 5.73 Å². The second kappa shape index (κ2) is 4.96. The molecule has 0 saturated carbocycles. The predicted octanol–water partition coefficient (Wildman–Crippen LogP) is 1.81. The highest BCUT2D eigenvalue weighted by Crippen LogP contribution is 2.38. The lowest BCUT2D eigenvalue weighted by Gasteiger charge is -2.22. The van der Waals surface area contributed by atoms with Gasteiger partial charge in [-0.3, -0.25) is 9.59 Å². The van der Waals surface area contributed by atoms with Crippen molar-refractivity contribution >= 4 is 17.3 Å². The first-order chi connectivity index (χ1) is 10.4. The first kappa shape index (κ1) is 14.3. The van der Waals surface area contributed by atoms with Gasteiger partial charge in [0.2, 0.25) is 0 Å². The van der Waals surface area contributed by atoms with E-state index in [1.165, 1.54) is 6.07 Å². The van der Waals surface area contributed by atoms with Crippen LogP contribution in [0.3, 0.4) is 0 Å². The number of nitrogens with two attached hydrogens (primary N) is 1.